The number of carbonyl (C=O) groups is 2. The molecule has 1 aromatic heterocycles. The van der Waals surface area contributed by atoms with Crippen molar-refractivity contribution < 1.29 is 24.2 Å². The van der Waals surface area contributed by atoms with E-state index in [-0.39, 0.29) is 23.7 Å². The molecule has 0 spiro atoms. The van der Waals surface area contributed by atoms with Crippen LogP contribution < -0.4 is 20.9 Å². The summed E-state index contributed by atoms with van der Waals surface area (Å²) in [6.45, 7) is 5.75. The number of hydrogen-bond donors (Lipinski definition) is 3. The van der Waals surface area contributed by atoms with Gasteiger partial charge in [-0.05, 0) is 51.8 Å². The zero-order chi connectivity index (χ0) is 22.8. The molecule has 0 saturated carbocycles. The highest BCUT2D eigenvalue weighted by atomic mass is 16.5. The van der Waals surface area contributed by atoms with E-state index in [0.717, 1.165) is 12.8 Å². The smallest absolute Gasteiger partial charge is 0.252 e. The van der Waals surface area contributed by atoms with E-state index in [1.807, 2.05) is 13.8 Å². The number of hydrogen-bond acceptors (Lipinski definition) is 7. The lowest BCUT2D eigenvalue weighted by atomic mass is 10.00. The summed E-state index contributed by atoms with van der Waals surface area (Å²) < 4.78 is 12.0. The summed E-state index contributed by atoms with van der Waals surface area (Å²) in [6.07, 6.45) is 2.73. The lowest BCUT2D eigenvalue weighted by molar-refractivity contribution is -0.140. The fourth-order valence-corrected chi connectivity index (χ4v) is 3.62. The number of carbonyl (C=O) groups excluding carboxylic acids is 2. The van der Waals surface area contributed by atoms with Gasteiger partial charge >= 0.3 is 0 Å². The molecule has 31 heavy (non-hydrogen) atoms. The van der Waals surface area contributed by atoms with Gasteiger partial charge in [-0.1, -0.05) is 0 Å². The molecule has 1 unspecified atom stereocenters. The molecule has 3 rings (SSSR count). The van der Waals surface area contributed by atoms with Crippen molar-refractivity contribution in [3.8, 4) is 11.5 Å². The first kappa shape index (κ1) is 22.8. The lowest BCUT2D eigenvalue weighted by Gasteiger charge is -2.36. The van der Waals surface area contributed by atoms with Crippen LogP contribution in [0, 0.1) is 0 Å². The molecule has 2 atom stereocenters. The molecular weight excluding hydrogens is 400 g/mol. The molecule has 0 bridgehead atoms. The van der Waals surface area contributed by atoms with E-state index >= 15 is 0 Å². The molecule has 9 heteroatoms. The van der Waals surface area contributed by atoms with Crippen molar-refractivity contribution in [3.05, 3.63) is 30.0 Å². The number of fused-ring (bicyclic) bond motifs is 1. The first-order valence-corrected chi connectivity index (χ1v) is 10.4. The number of primary amides is 1. The lowest BCUT2D eigenvalue weighted by Crippen LogP contribution is -2.58. The number of amides is 2. The number of benzene rings is 1. The highest BCUT2D eigenvalue weighted by molar-refractivity contribution is 6.01. The van der Waals surface area contributed by atoms with E-state index in [2.05, 4.69) is 4.98 Å². The maximum absolute atomic E-state index is 12.6. The van der Waals surface area contributed by atoms with Gasteiger partial charge in [0.1, 0.15) is 23.1 Å². The Morgan fingerprint density at radius 3 is 2.74 bits per heavy atom. The topological polar surface area (TPSA) is 141 Å². The number of nitrogens with two attached hydrogens (primary N) is 2. The van der Waals surface area contributed by atoms with Crippen molar-refractivity contribution in [1.82, 2.24) is 9.88 Å². The van der Waals surface area contributed by atoms with Gasteiger partial charge in [-0.15, -0.1) is 0 Å². The number of ether oxygens (including phenoxy) is 2. The van der Waals surface area contributed by atoms with Crippen molar-refractivity contribution in [1.29, 1.82) is 0 Å². The maximum Gasteiger partial charge on any atom is 0.252 e. The normalized spacial score (nSPS) is 18.6. The third-order valence-corrected chi connectivity index (χ3v) is 5.21. The van der Waals surface area contributed by atoms with Gasteiger partial charge in [-0.25, -0.2) is 0 Å². The van der Waals surface area contributed by atoms with Crippen LogP contribution in [-0.2, 0) is 4.79 Å². The Hall–Kier alpha value is -2.91. The molecule has 1 aliphatic rings. The van der Waals surface area contributed by atoms with E-state index in [0.29, 0.717) is 35.5 Å². The van der Waals surface area contributed by atoms with Crippen LogP contribution in [0.4, 0.5) is 0 Å². The molecule has 1 fully saturated rings. The van der Waals surface area contributed by atoms with Crippen LogP contribution in [0.5, 0.6) is 11.5 Å². The number of rotatable bonds is 7. The molecule has 5 N–H and O–H groups in total. The van der Waals surface area contributed by atoms with Crippen molar-refractivity contribution in [3.63, 3.8) is 0 Å². The Kier molecular flexibility index (Phi) is 6.66. The fraction of sp³-hybridized carbons (Fsp3) is 0.500. The summed E-state index contributed by atoms with van der Waals surface area (Å²) in [4.78, 5) is 30.5. The number of pyridine rings is 1. The number of aliphatic hydroxyl groups is 1. The number of likely N-dealkylation sites (tertiary alicyclic amines) is 1. The Bertz CT molecular complexity index is 976. The Morgan fingerprint density at radius 1 is 1.35 bits per heavy atom. The molecule has 1 aromatic carbocycles. The average molecular weight is 431 g/mol. The van der Waals surface area contributed by atoms with Gasteiger partial charge < -0.3 is 30.9 Å². The molecule has 9 nitrogen and oxygen atoms in total. The van der Waals surface area contributed by atoms with Crippen molar-refractivity contribution in [2.45, 2.75) is 51.4 Å². The summed E-state index contributed by atoms with van der Waals surface area (Å²) in [5, 5.41) is 10.1. The predicted molar refractivity (Wildman–Crippen MR) is 116 cm³/mol. The second-order valence-corrected chi connectivity index (χ2v) is 8.41. The zero-order valence-corrected chi connectivity index (χ0v) is 18.1. The monoisotopic (exact) mass is 430 g/mol. The number of nitrogens with zero attached hydrogens (tertiary/aromatic N) is 2. The quantitative estimate of drug-likeness (QED) is 0.599. The summed E-state index contributed by atoms with van der Waals surface area (Å²) >= 11 is 0. The minimum Gasteiger partial charge on any atom is -0.490 e. The highest BCUT2D eigenvalue weighted by Crippen LogP contribution is 2.33. The summed E-state index contributed by atoms with van der Waals surface area (Å²) in [5.74, 6) is 0.0455. The van der Waals surface area contributed by atoms with Gasteiger partial charge in [0.15, 0.2) is 0 Å². The molecule has 2 aromatic rings. The van der Waals surface area contributed by atoms with Gasteiger partial charge in [0.05, 0.1) is 30.3 Å². The zero-order valence-electron chi connectivity index (χ0n) is 18.1. The number of aromatic nitrogens is 1. The minimum atomic E-state index is -1.32. The highest BCUT2D eigenvalue weighted by Gasteiger charge is 2.35. The van der Waals surface area contributed by atoms with E-state index in [1.165, 1.54) is 6.92 Å². The van der Waals surface area contributed by atoms with Gasteiger partial charge in [0.25, 0.3) is 5.91 Å². The molecule has 1 saturated heterocycles. The molecule has 0 aliphatic carbocycles. The largest absolute Gasteiger partial charge is 0.490 e. The molecule has 0 radical (unpaired) electrons. The molecule has 2 heterocycles. The second kappa shape index (κ2) is 9.07. The predicted octanol–water partition coefficient (Wildman–Crippen LogP) is 1.20. The fourth-order valence-electron chi connectivity index (χ4n) is 3.62. The van der Waals surface area contributed by atoms with Crippen molar-refractivity contribution in [2.75, 3.05) is 19.7 Å². The second-order valence-electron chi connectivity index (χ2n) is 8.41. The third-order valence-electron chi connectivity index (χ3n) is 5.21. The average Bonchev–Trinajstić information content (AvgIpc) is 2.72. The van der Waals surface area contributed by atoms with E-state index in [4.69, 9.17) is 20.9 Å². The first-order chi connectivity index (χ1) is 14.6. The number of aliphatic hydroxyl groups excluding tert-OH is 1. The molecule has 168 valence electrons. The van der Waals surface area contributed by atoms with Crippen LogP contribution in [0.25, 0.3) is 10.9 Å². The Balaban J connectivity index is 1.89. The molecule has 1 aliphatic heterocycles. The van der Waals surface area contributed by atoms with E-state index < -0.39 is 18.1 Å². The maximum atomic E-state index is 12.6. The Labute approximate surface area is 181 Å². The van der Waals surface area contributed by atoms with E-state index in [1.54, 1.807) is 29.3 Å². The molecular formula is C22H30N4O5. The van der Waals surface area contributed by atoms with Gasteiger partial charge in [-0.2, -0.15) is 0 Å². The Morgan fingerprint density at radius 2 is 2.10 bits per heavy atom. The van der Waals surface area contributed by atoms with Crippen LogP contribution in [0.15, 0.2) is 24.4 Å². The summed E-state index contributed by atoms with van der Waals surface area (Å²) in [5.41, 5.74) is 10.9. The van der Waals surface area contributed by atoms with Gasteiger partial charge in [-0.3, -0.25) is 14.6 Å². The third kappa shape index (κ3) is 5.05. The number of piperidine rings is 1. The van der Waals surface area contributed by atoms with Gasteiger partial charge in [0, 0.05) is 18.1 Å². The van der Waals surface area contributed by atoms with Crippen LogP contribution in [-0.4, -0.2) is 64.2 Å². The van der Waals surface area contributed by atoms with Crippen molar-refractivity contribution in [2.24, 2.45) is 11.5 Å². The summed E-state index contributed by atoms with van der Waals surface area (Å²) in [6, 6.07) is 5.05. The minimum absolute atomic E-state index is 0.147. The standard InChI is InChI=1S/C22H30N4O5/c1-13(2)30-19-10-15-17(9-16(19)20(23)28)25-7-6-18(15)31-14-5-4-8-26(11-14)21(29)22(3,24)12-27/h6-7,9-10,13-14,27H,4-5,8,11-12,24H2,1-3H3,(H2,23,28)/t14-,22?/m1/s1. The van der Waals surface area contributed by atoms with Crippen LogP contribution in [0.3, 0.4) is 0 Å². The van der Waals surface area contributed by atoms with Crippen molar-refractivity contribution >= 4 is 22.7 Å². The SMILES string of the molecule is CC(C)Oc1cc2c(O[C@@H]3CCCN(C(=O)C(C)(N)CO)C3)ccnc2cc1C(N)=O. The van der Waals surface area contributed by atoms with Crippen LogP contribution in [0.2, 0.25) is 0 Å². The van der Waals surface area contributed by atoms with Crippen LogP contribution in [0.1, 0.15) is 44.0 Å². The first-order valence-electron chi connectivity index (χ1n) is 10.4. The molecule has 2 amide bonds. The van der Waals surface area contributed by atoms with Gasteiger partial charge in [0.2, 0.25) is 5.91 Å². The van der Waals surface area contributed by atoms with E-state index in [9.17, 15) is 14.7 Å². The van der Waals surface area contributed by atoms with Crippen LogP contribution >= 0.6 is 0 Å². The summed E-state index contributed by atoms with van der Waals surface area (Å²) in [7, 11) is 0.